The molecule has 2 heterocycles. The molecule has 2 atom stereocenters. The lowest BCUT2D eigenvalue weighted by Gasteiger charge is -2.17. The average molecular weight is 252 g/mol. The van der Waals surface area contributed by atoms with Crippen molar-refractivity contribution in [1.82, 2.24) is 9.97 Å². The Balaban J connectivity index is 2.20. The SMILES string of the molecule is CNc1cc(N2CC(OC)C(OC)C2)nc(C)n1. The van der Waals surface area contributed by atoms with Crippen LogP contribution >= 0.6 is 0 Å². The largest absolute Gasteiger partial charge is 0.377 e. The summed E-state index contributed by atoms with van der Waals surface area (Å²) in [6, 6.07) is 1.94. The van der Waals surface area contributed by atoms with Gasteiger partial charge in [0, 0.05) is 40.4 Å². The van der Waals surface area contributed by atoms with Crippen LogP contribution in [0.4, 0.5) is 11.6 Å². The first kappa shape index (κ1) is 13.0. The van der Waals surface area contributed by atoms with Gasteiger partial charge in [0.15, 0.2) is 0 Å². The lowest BCUT2D eigenvalue weighted by Crippen LogP contribution is -2.27. The predicted octanol–water partition coefficient (Wildman–Crippen LogP) is 0.677. The number of anilines is 2. The van der Waals surface area contributed by atoms with Crippen LogP contribution < -0.4 is 10.2 Å². The second kappa shape index (κ2) is 5.49. The first-order valence-corrected chi connectivity index (χ1v) is 6.02. The molecule has 0 saturated carbocycles. The van der Waals surface area contributed by atoms with Gasteiger partial charge in [-0.25, -0.2) is 9.97 Å². The van der Waals surface area contributed by atoms with Gasteiger partial charge in [-0.2, -0.15) is 0 Å². The van der Waals surface area contributed by atoms with E-state index in [1.165, 1.54) is 0 Å². The summed E-state index contributed by atoms with van der Waals surface area (Å²) in [6.07, 6.45) is 0.173. The number of nitrogens with zero attached hydrogens (tertiary/aromatic N) is 3. The standard InChI is InChI=1S/C12H20N4O2/c1-8-14-11(13-2)5-12(15-8)16-6-9(17-3)10(7-16)18-4/h5,9-10H,6-7H2,1-4H3,(H,13,14,15). The minimum absolute atomic E-state index is 0.0864. The van der Waals surface area contributed by atoms with Gasteiger partial charge in [0.1, 0.15) is 29.7 Å². The van der Waals surface area contributed by atoms with Gasteiger partial charge in [-0.05, 0) is 6.92 Å². The Labute approximate surface area is 107 Å². The van der Waals surface area contributed by atoms with Gasteiger partial charge in [0.05, 0.1) is 0 Å². The van der Waals surface area contributed by atoms with Gasteiger partial charge in [0.2, 0.25) is 0 Å². The molecule has 18 heavy (non-hydrogen) atoms. The summed E-state index contributed by atoms with van der Waals surface area (Å²) in [5.74, 6) is 2.49. The van der Waals surface area contributed by atoms with Crippen molar-refractivity contribution in [3.63, 3.8) is 0 Å². The number of nitrogens with one attached hydrogen (secondary N) is 1. The maximum Gasteiger partial charge on any atom is 0.134 e. The molecule has 1 fully saturated rings. The highest BCUT2D eigenvalue weighted by molar-refractivity contribution is 5.50. The molecule has 1 saturated heterocycles. The smallest absolute Gasteiger partial charge is 0.134 e. The molecule has 0 amide bonds. The Morgan fingerprint density at radius 3 is 2.33 bits per heavy atom. The maximum atomic E-state index is 5.43. The van der Waals surface area contributed by atoms with Crippen LogP contribution in [0.25, 0.3) is 0 Å². The van der Waals surface area contributed by atoms with E-state index in [0.717, 1.165) is 30.5 Å². The van der Waals surface area contributed by atoms with Crippen LogP contribution in [0, 0.1) is 6.92 Å². The Morgan fingerprint density at radius 2 is 1.83 bits per heavy atom. The van der Waals surface area contributed by atoms with E-state index in [9.17, 15) is 0 Å². The normalized spacial score (nSPS) is 23.4. The van der Waals surface area contributed by atoms with E-state index in [4.69, 9.17) is 9.47 Å². The zero-order valence-corrected chi connectivity index (χ0v) is 11.3. The highest BCUT2D eigenvalue weighted by atomic mass is 16.5. The monoisotopic (exact) mass is 252 g/mol. The summed E-state index contributed by atoms with van der Waals surface area (Å²) in [6.45, 7) is 3.46. The number of hydrogen-bond acceptors (Lipinski definition) is 6. The highest BCUT2D eigenvalue weighted by Gasteiger charge is 2.33. The summed E-state index contributed by atoms with van der Waals surface area (Å²) in [7, 11) is 5.28. The fourth-order valence-electron chi connectivity index (χ4n) is 2.23. The highest BCUT2D eigenvalue weighted by Crippen LogP contribution is 2.23. The zero-order valence-electron chi connectivity index (χ0n) is 11.3. The fourth-order valence-corrected chi connectivity index (χ4v) is 2.23. The first-order valence-electron chi connectivity index (χ1n) is 6.02. The number of ether oxygens (including phenoxy) is 2. The van der Waals surface area contributed by atoms with Gasteiger partial charge >= 0.3 is 0 Å². The summed E-state index contributed by atoms with van der Waals surface area (Å²) in [5.41, 5.74) is 0. The molecule has 2 rings (SSSR count). The van der Waals surface area contributed by atoms with Gasteiger partial charge in [-0.15, -0.1) is 0 Å². The third kappa shape index (κ3) is 2.54. The van der Waals surface area contributed by atoms with Gasteiger partial charge < -0.3 is 19.7 Å². The predicted molar refractivity (Wildman–Crippen MR) is 70.1 cm³/mol. The van der Waals surface area contributed by atoms with E-state index in [0.29, 0.717) is 0 Å². The molecule has 6 heteroatoms. The van der Waals surface area contributed by atoms with Gasteiger partial charge in [0.25, 0.3) is 0 Å². The van der Waals surface area contributed by atoms with Crippen molar-refractivity contribution in [1.29, 1.82) is 0 Å². The van der Waals surface area contributed by atoms with Gasteiger partial charge in [-0.3, -0.25) is 0 Å². The van der Waals surface area contributed by atoms with Crippen LogP contribution in [0.1, 0.15) is 5.82 Å². The molecule has 0 radical (unpaired) electrons. The lowest BCUT2D eigenvalue weighted by atomic mass is 10.3. The van der Waals surface area contributed by atoms with Crippen molar-refractivity contribution in [2.24, 2.45) is 0 Å². The molecule has 6 nitrogen and oxygen atoms in total. The third-order valence-corrected chi connectivity index (χ3v) is 3.23. The summed E-state index contributed by atoms with van der Waals surface area (Å²) >= 11 is 0. The van der Waals surface area contributed by atoms with Crippen LogP contribution in [0.2, 0.25) is 0 Å². The Hall–Kier alpha value is -1.40. The molecule has 0 aromatic carbocycles. The van der Waals surface area contributed by atoms with Crippen LogP contribution in [0.15, 0.2) is 6.07 Å². The molecule has 1 aromatic rings. The lowest BCUT2D eigenvalue weighted by molar-refractivity contribution is -0.00461. The van der Waals surface area contributed by atoms with E-state index >= 15 is 0 Å². The number of aromatic nitrogens is 2. The molecule has 0 bridgehead atoms. The quantitative estimate of drug-likeness (QED) is 0.850. The fraction of sp³-hybridized carbons (Fsp3) is 0.667. The number of methoxy groups -OCH3 is 2. The molecule has 0 aliphatic carbocycles. The molecule has 1 aliphatic rings. The van der Waals surface area contributed by atoms with E-state index in [-0.39, 0.29) is 12.2 Å². The van der Waals surface area contributed by atoms with Crippen molar-refractivity contribution in [2.75, 3.05) is 44.6 Å². The van der Waals surface area contributed by atoms with Crippen molar-refractivity contribution in [2.45, 2.75) is 19.1 Å². The maximum absolute atomic E-state index is 5.43. The minimum atomic E-state index is 0.0864. The van der Waals surface area contributed by atoms with E-state index in [1.54, 1.807) is 14.2 Å². The van der Waals surface area contributed by atoms with Crippen LogP contribution in [0.3, 0.4) is 0 Å². The Kier molecular flexibility index (Phi) is 3.98. The first-order chi connectivity index (χ1) is 8.67. The van der Waals surface area contributed by atoms with E-state index < -0.39 is 0 Å². The van der Waals surface area contributed by atoms with Crippen molar-refractivity contribution in [3.8, 4) is 0 Å². The molecule has 0 spiro atoms. The third-order valence-electron chi connectivity index (χ3n) is 3.23. The Morgan fingerprint density at radius 1 is 1.22 bits per heavy atom. The molecular formula is C12H20N4O2. The summed E-state index contributed by atoms with van der Waals surface area (Å²) in [5, 5.41) is 3.04. The molecule has 1 N–H and O–H groups in total. The number of rotatable bonds is 4. The second-order valence-corrected chi connectivity index (χ2v) is 4.36. The molecule has 2 unspecified atom stereocenters. The van der Waals surface area contributed by atoms with E-state index in [1.807, 2.05) is 20.0 Å². The summed E-state index contributed by atoms with van der Waals surface area (Å²) in [4.78, 5) is 10.9. The summed E-state index contributed by atoms with van der Waals surface area (Å²) < 4.78 is 10.9. The van der Waals surface area contributed by atoms with Crippen LogP contribution in [-0.2, 0) is 9.47 Å². The molecular weight excluding hydrogens is 232 g/mol. The zero-order chi connectivity index (χ0) is 13.1. The number of hydrogen-bond donors (Lipinski definition) is 1. The average Bonchev–Trinajstić information content (AvgIpc) is 2.81. The minimum Gasteiger partial charge on any atom is -0.377 e. The second-order valence-electron chi connectivity index (χ2n) is 4.36. The Bertz CT molecular complexity index is 401. The molecule has 100 valence electrons. The van der Waals surface area contributed by atoms with Crippen molar-refractivity contribution in [3.05, 3.63) is 11.9 Å². The van der Waals surface area contributed by atoms with E-state index in [2.05, 4.69) is 20.2 Å². The van der Waals surface area contributed by atoms with Gasteiger partial charge in [-0.1, -0.05) is 0 Å². The van der Waals surface area contributed by atoms with Crippen molar-refractivity contribution < 1.29 is 9.47 Å². The number of aryl methyl sites for hydroxylation is 1. The van der Waals surface area contributed by atoms with Crippen molar-refractivity contribution >= 4 is 11.6 Å². The molecule has 1 aromatic heterocycles. The topological polar surface area (TPSA) is 59.5 Å². The van der Waals surface area contributed by atoms with Crippen LogP contribution in [0.5, 0.6) is 0 Å². The van der Waals surface area contributed by atoms with Crippen LogP contribution in [-0.4, -0.2) is 56.5 Å². The molecule has 1 aliphatic heterocycles.